The number of phenolic OH excluding ortho intramolecular Hbond substituents is 1. The third kappa shape index (κ3) is 2.89. The van der Waals surface area contributed by atoms with Crippen LogP contribution in [0.15, 0.2) is 18.2 Å². The van der Waals surface area contributed by atoms with Crippen molar-refractivity contribution >= 4 is 5.91 Å². The number of nitrogens with zero attached hydrogens (tertiary/aromatic N) is 1. The van der Waals surface area contributed by atoms with Crippen LogP contribution in [-0.4, -0.2) is 35.0 Å². The molecule has 1 aromatic carbocycles. The van der Waals surface area contributed by atoms with Crippen molar-refractivity contribution in [2.24, 2.45) is 11.7 Å². The minimum absolute atomic E-state index is 0.0300. The van der Waals surface area contributed by atoms with E-state index in [9.17, 15) is 9.90 Å². The fraction of sp³-hybridized carbons (Fsp3) is 0.533. The van der Waals surface area contributed by atoms with Crippen molar-refractivity contribution < 1.29 is 9.90 Å². The van der Waals surface area contributed by atoms with Gasteiger partial charge in [0.15, 0.2) is 0 Å². The molecule has 4 nitrogen and oxygen atoms in total. The Bertz CT molecular complexity index is 473. The molecule has 0 aliphatic carbocycles. The monoisotopic (exact) mass is 262 g/mol. The van der Waals surface area contributed by atoms with Crippen LogP contribution >= 0.6 is 0 Å². The lowest BCUT2D eigenvalue weighted by atomic mass is 9.92. The molecule has 1 aromatic rings. The molecule has 3 N–H and O–H groups in total. The first-order valence-corrected chi connectivity index (χ1v) is 6.83. The highest BCUT2D eigenvalue weighted by Crippen LogP contribution is 2.25. The van der Waals surface area contributed by atoms with Crippen LogP contribution in [0.2, 0.25) is 0 Å². The third-order valence-electron chi connectivity index (χ3n) is 3.97. The average Bonchev–Trinajstić information content (AvgIpc) is 2.41. The first-order chi connectivity index (χ1) is 9.02. The molecule has 0 radical (unpaired) electrons. The normalized spacial score (nSPS) is 23.4. The van der Waals surface area contributed by atoms with Gasteiger partial charge in [0.05, 0.1) is 0 Å². The molecule has 2 rings (SSSR count). The number of carbonyl (C=O) groups is 1. The number of hydrogen-bond acceptors (Lipinski definition) is 3. The zero-order valence-corrected chi connectivity index (χ0v) is 11.6. The molecule has 2 atom stereocenters. The fourth-order valence-electron chi connectivity index (χ4n) is 2.65. The van der Waals surface area contributed by atoms with E-state index in [1.807, 2.05) is 11.8 Å². The topological polar surface area (TPSA) is 66.6 Å². The fourth-order valence-corrected chi connectivity index (χ4v) is 2.65. The molecule has 2 unspecified atom stereocenters. The Hall–Kier alpha value is -1.55. The van der Waals surface area contributed by atoms with Gasteiger partial charge in [-0.05, 0) is 43.4 Å². The predicted molar refractivity (Wildman–Crippen MR) is 75.1 cm³/mol. The number of nitrogens with two attached hydrogens (primary N) is 1. The Balaban J connectivity index is 2.20. The number of rotatable bonds is 2. The predicted octanol–water partition coefficient (Wildman–Crippen LogP) is 1.90. The van der Waals surface area contributed by atoms with Gasteiger partial charge in [-0.25, -0.2) is 0 Å². The zero-order valence-electron chi connectivity index (χ0n) is 11.6. The Morgan fingerprint density at radius 1 is 1.53 bits per heavy atom. The van der Waals surface area contributed by atoms with Crippen LogP contribution in [0.3, 0.4) is 0 Å². The largest absolute Gasteiger partial charge is 0.508 e. The highest BCUT2D eigenvalue weighted by atomic mass is 16.3. The van der Waals surface area contributed by atoms with Crippen LogP contribution in [0.4, 0.5) is 0 Å². The number of aromatic hydroxyl groups is 1. The summed E-state index contributed by atoms with van der Waals surface area (Å²) in [6.07, 6.45) is 1.97. The van der Waals surface area contributed by atoms with Crippen LogP contribution < -0.4 is 5.73 Å². The molecule has 104 valence electrons. The van der Waals surface area contributed by atoms with E-state index in [1.165, 1.54) is 0 Å². The van der Waals surface area contributed by atoms with Gasteiger partial charge in [0, 0.05) is 24.7 Å². The van der Waals surface area contributed by atoms with Gasteiger partial charge in [-0.15, -0.1) is 0 Å². The molecule has 0 saturated carbocycles. The van der Waals surface area contributed by atoms with Crippen LogP contribution in [-0.2, 0) is 0 Å². The SMILES string of the molecule is Cc1ccc(C(=O)N2CCC(C)CC2CN)cc1O. The molecule has 1 amide bonds. The number of carbonyl (C=O) groups excluding carboxylic acids is 1. The lowest BCUT2D eigenvalue weighted by Gasteiger charge is -2.38. The molecule has 1 aliphatic heterocycles. The Morgan fingerprint density at radius 3 is 2.89 bits per heavy atom. The maximum absolute atomic E-state index is 12.5. The number of likely N-dealkylation sites (tertiary alicyclic amines) is 1. The molecule has 1 fully saturated rings. The van der Waals surface area contributed by atoms with E-state index in [1.54, 1.807) is 18.2 Å². The summed E-state index contributed by atoms with van der Waals surface area (Å²) in [5, 5.41) is 9.72. The summed E-state index contributed by atoms with van der Waals surface area (Å²) in [5.74, 6) is 0.752. The Labute approximate surface area is 114 Å². The van der Waals surface area contributed by atoms with Crippen LogP contribution in [0.25, 0.3) is 0 Å². The number of aryl methyl sites for hydroxylation is 1. The van der Waals surface area contributed by atoms with Gasteiger partial charge >= 0.3 is 0 Å². The summed E-state index contributed by atoms with van der Waals surface area (Å²) < 4.78 is 0. The van der Waals surface area contributed by atoms with E-state index in [0.717, 1.165) is 24.9 Å². The second-order valence-electron chi connectivity index (χ2n) is 5.52. The van der Waals surface area contributed by atoms with Crippen molar-refractivity contribution in [3.05, 3.63) is 29.3 Å². The summed E-state index contributed by atoms with van der Waals surface area (Å²) >= 11 is 0. The molecule has 0 bridgehead atoms. The number of amides is 1. The zero-order chi connectivity index (χ0) is 14.0. The number of phenols is 1. The quantitative estimate of drug-likeness (QED) is 0.855. The van der Waals surface area contributed by atoms with Crippen molar-refractivity contribution in [2.75, 3.05) is 13.1 Å². The molecule has 1 heterocycles. The maximum atomic E-state index is 12.5. The van der Waals surface area contributed by atoms with Gasteiger partial charge < -0.3 is 15.7 Å². The van der Waals surface area contributed by atoms with Gasteiger partial charge in [0.2, 0.25) is 0 Å². The van der Waals surface area contributed by atoms with Crippen molar-refractivity contribution in [2.45, 2.75) is 32.7 Å². The average molecular weight is 262 g/mol. The molecular weight excluding hydrogens is 240 g/mol. The molecular formula is C15H22N2O2. The summed E-state index contributed by atoms with van der Waals surface area (Å²) in [5.41, 5.74) is 7.10. The molecule has 4 heteroatoms. The number of benzene rings is 1. The molecule has 1 saturated heterocycles. The lowest BCUT2D eigenvalue weighted by molar-refractivity contribution is 0.0573. The highest BCUT2D eigenvalue weighted by Gasteiger charge is 2.29. The van der Waals surface area contributed by atoms with Crippen LogP contribution in [0.1, 0.15) is 35.7 Å². The van der Waals surface area contributed by atoms with Crippen LogP contribution in [0, 0.1) is 12.8 Å². The second kappa shape index (κ2) is 5.61. The van der Waals surface area contributed by atoms with Gasteiger partial charge in [-0.3, -0.25) is 4.79 Å². The minimum Gasteiger partial charge on any atom is -0.508 e. The smallest absolute Gasteiger partial charge is 0.254 e. The Morgan fingerprint density at radius 2 is 2.26 bits per heavy atom. The van der Waals surface area contributed by atoms with E-state index in [2.05, 4.69) is 6.92 Å². The molecule has 0 spiro atoms. The lowest BCUT2D eigenvalue weighted by Crippen LogP contribution is -2.49. The minimum atomic E-state index is -0.0300. The van der Waals surface area contributed by atoms with E-state index >= 15 is 0 Å². The first kappa shape index (κ1) is 13.9. The standard InChI is InChI=1S/C15H22N2O2/c1-10-5-6-17(13(7-10)9-16)15(19)12-4-3-11(2)14(18)8-12/h3-4,8,10,13,18H,5-7,9,16H2,1-2H3. The van der Waals surface area contributed by atoms with Gasteiger partial charge in [0.25, 0.3) is 5.91 Å². The summed E-state index contributed by atoms with van der Waals surface area (Å²) in [6, 6.07) is 5.19. The van der Waals surface area contributed by atoms with Crippen molar-refractivity contribution in [3.8, 4) is 5.75 Å². The summed E-state index contributed by atoms with van der Waals surface area (Å²) in [4.78, 5) is 14.3. The molecule has 0 aromatic heterocycles. The summed E-state index contributed by atoms with van der Waals surface area (Å²) in [7, 11) is 0. The first-order valence-electron chi connectivity index (χ1n) is 6.83. The van der Waals surface area contributed by atoms with Crippen molar-refractivity contribution in [1.82, 2.24) is 4.90 Å². The van der Waals surface area contributed by atoms with Crippen LogP contribution in [0.5, 0.6) is 5.75 Å². The van der Waals surface area contributed by atoms with Crippen molar-refractivity contribution in [1.29, 1.82) is 0 Å². The Kier molecular flexibility index (Phi) is 4.10. The number of hydrogen-bond donors (Lipinski definition) is 2. The maximum Gasteiger partial charge on any atom is 0.254 e. The summed E-state index contributed by atoms with van der Waals surface area (Å²) in [6.45, 7) is 5.25. The number of piperidine rings is 1. The van der Waals surface area contributed by atoms with E-state index in [4.69, 9.17) is 5.73 Å². The second-order valence-corrected chi connectivity index (χ2v) is 5.52. The molecule has 19 heavy (non-hydrogen) atoms. The van der Waals surface area contributed by atoms with Gasteiger partial charge in [-0.1, -0.05) is 13.0 Å². The van der Waals surface area contributed by atoms with E-state index < -0.39 is 0 Å². The molecule has 1 aliphatic rings. The highest BCUT2D eigenvalue weighted by molar-refractivity contribution is 5.95. The van der Waals surface area contributed by atoms with Gasteiger partial charge in [0.1, 0.15) is 5.75 Å². The third-order valence-corrected chi connectivity index (χ3v) is 3.97. The van der Waals surface area contributed by atoms with E-state index in [-0.39, 0.29) is 17.7 Å². The van der Waals surface area contributed by atoms with E-state index in [0.29, 0.717) is 18.0 Å². The van der Waals surface area contributed by atoms with Crippen molar-refractivity contribution in [3.63, 3.8) is 0 Å². The van der Waals surface area contributed by atoms with Gasteiger partial charge in [-0.2, -0.15) is 0 Å².